The first kappa shape index (κ1) is 7.72. The van der Waals surface area contributed by atoms with Gasteiger partial charge in [-0.2, -0.15) is 0 Å². The Morgan fingerprint density at radius 3 is 2.64 bits per heavy atom. The maximum Gasteiger partial charge on any atom is 0.240 e. The smallest absolute Gasteiger partial charge is 0.240 e. The number of aryl methyl sites for hydroxylation is 1. The molecule has 0 saturated carbocycles. The highest BCUT2D eigenvalue weighted by Gasteiger charge is 1.93. The van der Waals surface area contributed by atoms with Crippen molar-refractivity contribution >= 4 is 6.08 Å². The Balaban J connectivity index is 2.64. The van der Waals surface area contributed by atoms with Crippen LogP contribution >= 0.6 is 0 Å². The number of nitrogens with zero attached hydrogens (tertiary/aromatic N) is 2. The van der Waals surface area contributed by atoms with Gasteiger partial charge in [0.25, 0.3) is 0 Å². The summed E-state index contributed by atoms with van der Waals surface area (Å²) in [6, 6.07) is 0. The molecule has 1 aromatic heterocycles. The molecule has 0 saturated heterocycles. The maximum absolute atomic E-state index is 5.09. The topological polar surface area (TPSA) is 38.9 Å². The zero-order valence-corrected chi connectivity index (χ0v) is 6.61. The molecular weight excluding hydrogens is 140 g/mol. The monoisotopic (exact) mass is 150 g/mol. The summed E-state index contributed by atoms with van der Waals surface area (Å²) in [5.41, 5.74) is 0. The predicted molar refractivity (Wildman–Crippen MR) is 42.9 cm³/mol. The fourth-order valence-electron chi connectivity index (χ4n) is 0.628. The predicted octanol–water partition coefficient (Wildman–Crippen LogP) is 1.97. The van der Waals surface area contributed by atoms with Crippen molar-refractivity contribution in [3.63, 3.8) is 0 Å². The Hall–Kier alpha value is -1.38. The van der Waals surface area contributed by atoms with Gasteiger partial charge in [-0.1, -0.05) is 18.2 Å². The molecule has 11 heavy (non-hydrogen) atoms. The Kier molecular flexibility index (Phi) is 2.60. The van der Waals surface area contributed by atoms with Crippen LogP contribution < -0.4 is 0 Å². The number of rotatable bonds is 2. The highest BCUT2D eigenvalue weighted by Crippen LogP contribution is 1.99. The van der Waals surface area contributed by atoms with E-state index in [9.17, 15) is 0 Å². The van der Waals surface area contributed by atoms with Crippen LogP contribution in [0.25, 0.3) is 6.08 Å². The number of hydrogen-bond donors (Lipinski definition) is 0. The third-order valence-electron chi connectivity index (χ3n) is 1.08. The molecule has 1 rings (SSSR count). The van der Waals surface area contributed by atoms with Gasteiger partial charge >= 0.3 is 0 Å². The number of allylic oxidation sites excluding steroid dienone is 3. The quantitative estimate of drug-likeness (QED) is 0.605. The number of hydrogen-bond acceptors (Lipinski definition) is 3. The van der Waals surface area contributed by atoms with E-state index in [0.717, 1.165) is 0 Å². The van der Waals surface area contributed by atoms with Crippen LogP contribution in [0, 0.1) is 6.92 Å². The van der Waals surface area contributed by atoms with Gasteiger partial charge < -0.3 is 4.42 Å². The lowest BCUT2D eigenvalue weighted by molar-refractivity contribution is 0.509. The Morgan fingerprint density at radius 2 is 2.09 bits per heavy atom. The Morgan fingerprint density at radius 1 is 1.27 bits per heavy atom. The summed E-state index contributed by atoms with van der Waals surface area (Å²) in [4.78, 5) is 0. The van der Waals surface area contributed by atoms with E-state index in [4.69, 9.17) is 4.42 Å². The molecule has 1 aromatic rings. The van der Waals surface area contributed by atoms with Crippen LogP contribution in [-0.2, 0) is 0 Å². The lowest BCUT2D eigenvalue weighted by Crippen LogP contribution is -1.69. The molecule has 1 heterocycles. The van der Waals surface area contributed by atoms with Gasteiger partial charge in [-0.3, -0.25) is 0 Å². The summed E-state index contributed by atoms with van der Waals surface area (Å²) in [7, 11) is 0. The highest BCUT2D eigenvalue weighted by molar-refractivity contribution is 5.40. The van der Waals surface area contributed by atoms with Crippen molar-refractivity contribution < 1.29 is 4.42 Å². The van der Waals surface area contributed by atoms with Crippen molar-refractivity contribution in [1.29, 1.82) is 0 Å². The zero-order valence-electron chi connectivity index (χ0n) is 6.61. The summed E-state index contributed by atoms with van der Waals surface area (Å²) >= 11 is 0. The first-order chi connectivity index (χ1) is 5.33. The van der Waals surface area contributed by atoms with Crippen molar-refractivity contribution in [1.82, 2.24) is 10.2 Å². The molecule has 0 bridgehead atoms. The van der Waals surface area contributed by atoms with Crippen LogP contribution in [0.2, 0.25) is 0 Å². The summed E-state index contributed by atoms with van der Waals surface area (Å²) in [6.45, 7) is 3.71. The lowest BCUT2D eigenvalue weighted by atomic mass is 10.4. The van der Waals surface area contributed by atoms with E-state index in [2.05, 4.69) is 10.2 Å². The molecule has 3 nitrogen and oxygen atoms in total. The van der Waals surface area contributed by atoms with Gasteiger partial charge in [0, 0.05) is 13.0 Å². The van der Waals surface area contributed by atoms with E-state index in [1.54, 1.807) is 13.0 Å². The van der Waals surface area contributed by atoms with Crippen molar-refractivity contribution in [2.24, 2.45) is 0 Å². The van der Waals surface area contributed by atoms with Crippen molar-refractivity contribution in [3.05, 3.63) is 30.0 Å². The molecule has 3 heteroatoms. The fraction of sp³-hybridized carbons (Fsp3) is 0.250. The average Bonchev–Trinajstić information content (AvgIpc) is 2.37. The summed E-state index contributed by atoms with van der Waals surface area (Å²) < 4.78 is 5.09. The molecule has 0 atom stereocenters. The summed E-state index contributed by atoms with van der Waals surface area (Å²) in [5.74, 6) is 1.13. The summed E-state index contributed by atoms with van der Waals surface area (Å²) in [6.07, 6.45) is 7.45. The molecule has 0 N–H and O–H groups in total. The van der Waals surface area contributed by atoms with E-state index in [-0.39, 0.29) is 0 Å². The normalized spacial score (nSPS) is 11.8. The van der Waals surface area contributed by atoms with Crippen molar-refractivity contribution in [2.75, 3.05) is 0 Å². The average molecular weight is 150 g/mol. The molecule has 0 spiro atoms. The summed E-state index contributed by atoms with van der Waals surface area (Å²) in [5, 5.41) is 7.45. The van der Waals surface area contributed by atoms with Gasteiger partial charge in [-0.25, -0.2) is 0 Å². The first-order valence-electron chi connectivity index (χ1n) is 3.42. The fourth-order valence-corrected chi connectivity index (χ4v) is 0.628. The molecule has 0 aromatic carbocycles. The van der Waals surface area contributed by atoms with E-state index in [0.29, 0.717) is 11.8 Å². The SMILES string of the molecule is C/C=C/C=C/c1nnc(C)o1. The Bertz CT molecular complexity index is 273. The van der Waals surface area contributed by atoms with Crippen molar-refractivity contribution in [2.45, 2.75) is 13.8 Å². The first-order valence-corrected chi connectivity index (χ1v) is 3.42. The number of aromatic nitrogens is 2. The molecule has 0 unspecified atom stereocenters. The molecule has 0 amide bonds. The second-order valence-corrected chi connectivity index (χ2v) is 2.04. The van der Waals surface area contributed by atoms with E-state index >= 15 is 0 Å². The van der Waals surface area contributed by atoms with Crippen LogP contribution in [0.5, 0.6) is 0 Å². The molecule has 0 aliphatic rings. The van der Waals surface area contributed by atoms with Gasteiger partial charge in [-0.15, -0.1) is 10.2 Å². The Labute approximate surface area is 65.4 Å². The molecule has 0 radical (unpaired) electrons. The molecule has 0 aliphatic heterocycles. The van der Waals surface area contributed by atoms with Crippen molar-refractivity contribution in [3.8, 4) is 0 Å². The molecule has 0 fully saturated rings. The van der Waals surface area contributed by atoms with Crippen LogP contribution in [0.1, 0.15) is 18.7 Å². The standard InChI is InChI=1S/C8H10N2O/c1-3-4-5-6-8-10-9-7(2)11-8/h3-6H,1-2H3/b4-3+,6-5+. The minimum atomic E-state index is 0.542. The molecular formula is C8H10N2O. The van der Waals surface area contributed by atoms with Crippen LogP contribution in [0.3, 0.4) is 0 Å². The van der Waals surface area contributed by atoms with Crippen LogP contribution in [-0.4, -0.2) is 10.2 Å². The van der Waals surface area contributed by atoms with Crippen LogP contribution in [0.4, 0.5) is 0 Å². The van der Waals surface area contributed by atoms with Gasteiger partial charge in [0.05, 0.1) is 0 Å². The third-order valence-corrected chi connectivity index (χ3v) is 1.08. The minimum absolute atomic E-state index is 0.542. The second kappa shape index (κ2) is 3.71. The van der Waals surface area contributed by atoms with Gasteiger partial charge in [-0.05, 0) is 6.92 Å². The minimum Gasteiger partial charge on any atom is -0.422 e. The maximum atomic E-state index is 5.09. The van der Waals surface area contributed by atoms with Gasteiger partial charge in [0.1, 0.15) is 0 Å². The second-order valence-electron chi connectivity index (χ2n) is 2.04. The molecule has 58 valence electrons. The highest BCUT2D eigenvalue weighted by atomic mass is 16.4. The van der Waals surface area contributed by atoms with Gasteiger partial charge in [0.2, 0.25) is 11.8 Å². The van der Waals surface area contributed by atoms with Gasteiger partial charge in [0.15, 0.2) is 0 Å². The zero-order chi connectivity index (χ0) is 8.10. The third kappa shape index (κ3) is 2.37. The lowest BCUT2D eigenvalue weighted by Gasteiger charge is -1.76. The van der Waals surface area contributed by atoms with Crippen LogP contribution in [0.15, 0.2) is 22.6 Å². The largest absolute Gasteiger partial charge is 0.422 e. The van der Waals surface area contributed by atoms with E-state index in [1.165, 1.54) is 0 Å². The van der Waals surface area contributed by atoms with E-state index < -0.39 is 0 Å². The molecule has 0 aliphatic carbocycles. The van der Waals surface area contributed by atoms with E-state index in [1.807, 2.05) is 25.2 Å².